The van der Waals surface area contributed by atoms with E-state index in [9.17, 15) is 21.6 Å². The van der Waals surface area contributed by atoms with Gasteiger partial charge in [-0.15, -0.1) is 0 Å². The molecule has 0 atom stereocenters. The smallest absolute Gasteiger partial charge is 0.261 e. The summed E-state index contributed by atoms with van der Waals surface area (Å²) in [6.07, 6.45) is 2.67. The standard InChI is InChI=1S/C25H25Cl2N3O5S2/c1-17-15-20(8-12-24(17)37(34,35)30-13-3-2-4-14-30)28-25(31)22-16-19(27)7-11-23(22)29-36(32,33)21-9-5-18(26)6-10-21/h5-12,15-16,29H,2-4,13-14H2,1H3,(H,28,31). The van der Waals surface area contributed by atoms with Crippen LogP contribution in [0.25, 0.3) is 0 Å². The van der Waals surface area contributed by atoms with Gasteiger partial charge in [0.2, 0.25) is 10.0 Å². The Hall–Kier alpha value is -2.63. The van der Waals surface area contributed by atoms with Crippen molar-refractivity contribution < 1.29 is 21.6 Å². The van der Waals surface area contributed by atoms with Crippen molar-refractivity contribution in [3.8, 4) is 0 Å². The Morgan fingerprint density at radius 1 is 0.838 bits per heavy atom. The van der Waals surface area contributed by atoms with E-state index >= 15 is 0 Å². The zero-order chi connectivity index (χ0) is 26.8. The number of aryl methyl sites for hydroxylation is 1. The summed E-state index contributed by atoms with van der Waals surface area (Å²) in [5.74, 6) is -0.623. The fraction of sp³-hybridized carbons (Fsp3) is 0.240. The monoisotopic (exact) mass is 581 g/mol. The number of sulfonamides is 2. The molecule has 0 bridgehead atoms. The molecule has 0 radical (unpaired) electrons. The second-order valence-corrected chi connectivity index (χ2v) is 13.1. The van der Waals surface area contributed by atoms with Gasteiger partial charge in [0.25, 0.3) is 15.9 Å². The SMILES string of the molecule is Cc1cc(NC(=O)c2cc(Cl)ccc2NS(=O)(=O)c2ccc(Cl)cc2)ccc1S(=O)(=O)N1CCCCC1. The second-order valence-electron chi connectivity index (χ2n) is 8.65. The maximum absolute atomic E-state index is 13.1. The van der Waals surface area contributed by atoms with E-state index < -0.39 is 26.0 Å². The maximum atomic E-state index is 13.1. The minimum atomic E-state index is -4.01. The number of halogens is 2. The minimum absolute atomic E-state index is 0.00675. The third-order valence-electron chi connectivity index (χ3n) is 5.96. The highest BCUT2D eigenvalue weighted by Crippen LogP contribution is 2.28. The van der Waals surface area contributed by atoms with Gasteiger partial charge in [0, 0.05) is 28.8 Å². The number of hydrogen-bond acceptors (Lipinski definition) is 5. The van der Waals surface area contributed by atoms with Crippen LogP contribution in [-0.2, 0) is 20.0 Å². The lowest BCUT2D eigenvalue weighted by molar-refractivity contribution is 0.102. The Morgan fingerprint density at radius 2 is 1.49 bits per heavy atom. The lowest BCUT2D eigenvalue weighted by atomic mass is 10.1. The molecule has 3 aromatic carbocycles. The Bertz CT molecular complexity index is 1540. The van der Waals surface area contributed by atoms with E-state index in [0.29, 0.717) is 29.4 Å². The summed E-state index contributed by atoms with van der Waals surface area (Å²) in [6, 6.07) is 14.3. The van der Waals surface area contributed by atoms with Crippen molar-refractivity contribution in [2.75, 3.05) is 23.1 Å². The Labute approximate surface area is 226 Å². The van der Waals surface area contributed by atoms with Gasteiger partial charge in [0.1, 0.15) is 0 Å². The molecule has 12 heteroatoms. The summed E-state index contributed by atoms with van der Waals surface area (Å²) < 4.78 is 55.8. The molecule has 4 rings (SSSR count). The molecule has 1 amide bonds. The van der Waals surface area contributed by atoms with Gasteiger partial charge >= 0.3 is 0 Å². The number of piperidine rings is 1. The van der Waals surface area contributed by atoms with Crippen molar-refractivity contribution in [3.05, 3.63) is 81.8 Å². The third kappa shape index (κ3) is 6.27. The van der Waals surface area contributed by atoms with Crippen LogP contribution in [0, 0.1) is 6.92 Å². The first-order chi connectivity index (χ1) is 17.5. The topological polar surface area (TPSA) is 113 Å². The highest BCUT2D eigenvalue weighted by atomic mass is 35.5. The lowest BCUT2D eigenvalue weighted by Crippen LogP contribution is -2.35. The highest BCUT2D eigenvalue weighted by Gasteiger charge is 2.27. The van der Waals surface area contributed by atoms with E-state index in [1.165, 1.54) is 58.9 Å². The number of nitrogens with one attached hydrogen (secondary N) is 2. The Kier molecular flexibility index (Phi) is 8.15. The average molecular weight is 583 g/mol. The van der Waals surface area contributed by atoms with Gasteiger partial charge in [0.15, 0.2) is 0 Å². The van der Waals surface area contributed by atoms with Gasteiger partial charge < -0.3 is 5.32 Å². The van der Waals surface area contributed by atoms with Crippen LogP contribution in [0.15, 0.2) is 70.5 Å². The molecule has 1 aliphatic rings. The molecule has 0 unspecified atom stereocenters. The summed E-state index contributed by atoms with van der Waals surface area (Å²) in [7, 11) is -7.65. The molecule has 0 aromatic heterocycles. The van der Waals surface area contributed by atoms with Crippen molar-refractivity contribution in [3.63, 3.8) is 0 Å². The zero-order valence-electron chi connectivity index (χ0n) is 19.9. The summed E-state index contributed by atoms with van der Waals surface area (Å²) >= 11 is 11.9. The van der Waals surface area contributed by atoms with E-state index in [0.717, 1.165) is 19.3 Å². The summed E-state index contributed by atoms with van der Waals surface area (Å²) in [5, 5.41) is 3.32. The summed E-state index contributed by atoms with van der Waals surface area (Å²) in [4.78, 5) is 13.3. The van der Waals surface area contributed by atoms with E-state index in [4.69, 9.17) is 23.2 Å². The molecular formula is C25H25Cl2N3O5S2. The first-order valence-corrected chi connectivity index (χ1v) is 15.2. The molecular weight excluding hydrogens is 557 g/mol. The van der Waals surface area contributed by atoms with Crippen LogP contribution in [-0.4, -0.2) is 40.1 Å². The van der Waals surface area contributed by atoms with Crippen molar-refractivity contribution >= 4 is 60.5 Å². The third-order valence-corrected chi connectivity index (χ3v) is 9.89. The van der Waals surface area contributed by atoms with Gasteiger partial charge in [-0.1, -0.05) is 29.6 Å². The number of anilines is 2. The van der Waals surface area contributed by atoms with Crippen molar-refractivity contribution in [2.24, 2.45) is 0 Å². The van der Waals surface area contributed by atoms with E-state index in [2.05, 4.69) is 10.0 Å². The van der Waals surface area contributed by atoms with Crippen LogP contribution in [0.5, 0.6) is 0 Å². The van der Waals surface area contributed by atoms with Crippen LogP contribution in [0.1, 0.15) is 35.2 Å². The second kappa shape index (κ2) is 11.0. The van der Waals surface area contributed by atoms with Crippen LogP contribution >= 0.6 is 23.2 Å². The molecule has 2 N–H and O–H groups in total. The maximum Gasteiger partial charge on any atom is 0.261 e. The zero-order valence-corrected chi connectivity index (χ0v) is 23.0. The fourth-order valence-corrected chi connectivity index (χ4v) is 7.17. The molecule has 1 aliphatic heterocycles. The number of carbonyl (C=O) groups excluding carboxylic acids is 1. The van der Waals surface area contributed by atoms with Crippen molar-refractivity contribution in [1.82, 2.24) is 4.31 Å². The van der Waals surface area contributed by atoms with Gasteiger partial charge in [-0.05, 0) is 86.0 Å². The van der Waals surface area contributed by atoms with E-state index in [1.54, 1.807) is 13.0 Å². The quantitative estimate of drug-likeness (QED) is 0.381. The summed E-state index contributed by atoms with van der Waals surface area (Å²) in [6.45, 7) is 2.64. The molecule has 3 aromatic rings. The van der Waals surface area contributed by atoms with Gasteiger partial charge in [-0.25, -0.2) is 16.8 Å². The summed E-state index contributed by atoms with van der Waals surface area (Å²) in [5.41, 5.74) is 0.857. The predicted octanol–water partition coefficient (Wildman–Crippen LogP) is 5.53. The van der Waals surface area contributed by atoms with Crippen LogP contribution in [0.3, 0.4) is 0 Å². The molecule has 37 heavy (non-hydrogen) atoms. The molecule has 1 heterocycles. The molecule has 1 fully saturated rings. The largest absolute Gasteiger partial charge is 0.322 e. The number of amides is 1. The van der Waals surface area contributed by atoms with Gasteiger partial charge in [-0.3, -0.25) is 9.52 Å². The predicted molar refractivity (Wildman–Crippen MR) is 145 cm³/mol. The first kappa shape index (κ1) is 27.4. The van der Waals surface area contributed by atoms with Gasteiger partial charge in [0.05, 0.1) is 21.0 Å². The van der Waals surface area contributed by atoms with Gasteiger partial charge in [-0.2, -0.15) is 4.31 Å². The molecule has 1 saturated heterocycles. The van der Waals surface area contributed by atoms with Crippen molar-refractivity contribution in [2.45, 2.75) is 36.0 Å². The molecule has 0 spiro atoms. The van der Waals surface area contributed by atoms with Crippen molar-refractivity contribution in [1.29, 1.82) is 0 Å². The Morgan fingerprint density at radius 3 is 2.14 bits per heavy atom. The van der Waals surface area contributed by atoms with E-state index in [-0.39, 0.29) is 26.1 Å². The number of hydrogen-bond donors (Lipinski definition) is 2. The average Bonchev–Trinajstić information content (AvgIpc) is 2.85. The number of rotatable bonds is 7. The minimum Gasteiger partial charge on any atom is -0.322 e. The molecule has 8 nitrogen and oxygen atoms in total. The molecule has 196 valence electrons. The van der Waals surface area contributed by atoms with Crippen LogP contribution in [0.4, 0.5) is 11.4 Å². The first-order valence-electron chi connectivity index (χ1n) is 11.5. The normalized spacial score (nSPS) is 14.8. The van der Waals surface area contributed by atoms with Crippen LogP contribution < -0.4 is 10.0 Å². The van der Waals surface area contributed by atoms with E-state index in [1.807, 2.05) is 0 Å². The number of nitrogens with zero attached hydrogens (tertiary/aromatic N) is 1. The molecule has 0 saturated carbocycles. The fourth-order valence-electron chi connectivity index (χ4n) is 4.07. The number of benzene rings is 3. The Balaban J connectivity index is 1.57. The highest BCUT2D eigenvalue weighted by molar-refractivity contribution is 7.92. The van der Waals surface area contributed by atoms with Crippen LogP contribution in [0.2, 0.25) is 10.0 Å². The lowest BCUT2D eigenvalue weighted by Gasteiger charge is -2.26. The molecule has 0 aliphatic carbocycles. The number of carbonyl (C=O) groups is 1.